The number of ether oxygens (including phenoxy) is 2. The second-order valence-corrected chi connectivity index (χ2v) is 3.56. The molecule has 0 aliphatic rings. The molecule has 108 valence electrons. The van der Waals surface area contributed by atoms with Crippen molar-refractivity contribution in [2.24, 2.45) is 0 Å². The van der Waals surface area contributed by atoms with Crippen LogP contribution >= 0.6 is 0 Å². The summed E-state index contributed by atoms with van der Waals surface area (Å²) in [5.41, 5.74) is 0. The van der Waals surface area contributed by atoms with E-state index in [9.17, 15) is 19.2 Å². The number of esters is 2. The number of methoxy groups -OCH3 is 1. The molecule has 0 rings (SSSR count). The topological polar surface area (TPSA) is 119 Å². The molecule has 0 saturated heterocycles. The van der Waals surface area contributed by atoms with Crippen molar-refractivity contribution in [3.05, 3.63) is 0 Å². The SMILES string of the molecule is CCOC(=O)CC[C@H](NC(=O)CC(=O)O)C(=O)OC. The third-order valence-electron chi connectivity index (χ3n) is 2.08. The van der Waals surface area contributed by atoms with E-state index in [1.165, 1.54) is 0 Å². The summed E-state index contributed by atoms with van der Waals surface area (Å²) in [5.74, 6) is -3.40. The molecule has 0 radical (unpaired) electrons. The van der Waals surface area contributed by atoms with E-state index in [-0.39, 0.29) is 19.4 Å². The molecular formula is C11H17NO7. The fourth-order valence-corrected chi connectivity index (χ4v) is 1.27. The summed E-state index contributed by atoms with van der Waals surface area (Å²) in [4.78, 5) is 44.1. The Balaban J connectivity index is 4.39. The molecule has 0 aliphatic heterocycles. The van der Waals surface area contributed by atoms with Crippen LogP contribution in [0.4, 0.5) is 0 Å². The highest BCUT2D eigenvalue weighted by molar-refractivity contribution is 5.95. The van der Waals surface area contributed by atoms with E-state index in [0.717, 1.165) is 7.11 Å². The number of nitrogens with one attached hydrogen (secondary N) is 1. The number of rotatable bonds is 8. The van der Waals surface area contributed by atoms with Gasteiger partial charge in [0.25, 0.3) is 0 Å². The molecular weight excluding hydrogens is 258 g/mol. The van der Waals surface area contributed by atoms with Gasteiger partial charge in [0, 0.05) is 6.42 Å². The van der Waals surface area contributed by atoms with Crippen molar-refractivity contribution in [1.82, 2.24) is 5.32 Å². The number of aliphatic carboxylic acids is 1. The zero-order valence-corrected chi connectivity index (χ0v) is 10.8. The van der Waals surface area contributed by atoms with Gasteiger partial charge in [-0.1, -0.05) is 0 Å². The Morgan fingerprint density at radius 2 is 1.89 bits per heavy atom. The fourth-order valence-electron chi connectivity index (χ4n) is 1.27. The smallest absolute Gasteiger partial charge is 0.328 e. The van der Waals surface area contributed by atoms with E-state index < -0.39 is 36.3 Å². The highest BCUT2D eigenvalue weighted by Crippen LogP contribution is 2.02. The van der Waals surface area contributed by atoms with Gasteiger partial charge in [-0.15, -0.1) is 0 Å². The lowest BCUT2D eigenvalue weighted by Gasteiger charge is -2.15. The number of carbonyl (C=O) groups excluding carboxylic acids is 3. The van der Waals surface area contributed by atoms with E-state index in [4.69, 9.17) is 5.11 Å². The summed E-state index contributed by atoms with van der Waals surface area (Å²) in [5, 5.41) is 10.6. The first kappa shape index (κ1) is 16.9. The minimum Gasteiger partial charge on any atom is -0.481 e. The summed E-state index contributed by atoms with van der Waals surface area (Å²) in [7, 11) is 1.13. The summed E-state index contributed by atoms with van der Waals surface area (Å²) in [6.45, 7) is 1.86. The fraction of sp³-hybridized carbons (Fsp3) is 0.636. The van der Waals surface area contributed by atoms with Crippen molar-refractivity contribution in [3.8, 4) is 0 Å². The van der Waals surface area contributed by atoms with Crippen LogP contribution in [0.5, 0.6) is 0 Å². The second kappa shape index (κ2) is 8.90. The minimum absolute atomic E-state index is 0.0170. The molecule has 0 spiro atoms. The molecule has 8 nitrogen and oxygen atoms in total. The van der Waals surface area contributed by atoms with Gasteiger partial charge in [0.2, 0.25) is 5.91 Å². The number of amides is 1. The van der Waals surface area contributed by atoms with Gasteiger partial charge in [0.05, 0.1) is 13.7 Å². The maximum atomic E-state index is 11.4. The van der Waals surface area contributed by atoms with Crippen LogP contribution in [0.3, 0.4) is 0 Å². The van der Waals surface area contributed by atoms with Gasteiger partial charge in [-0.2, -0.15) is 0 Å². The van der Waals surface area contributed by atoms with Crippen LogP contribution in [-0.2, 0) is 28.7 Å². The van der Waals surface area contributed by atoms with Crippen molar-refractivity contribution in [1.29, 1.82) is 0 Å². The first-order valence-electron chi connectivity index (χ1n) is 5.65. The molecule has 0 unspecified atom stereocenters. The maximum Gasteiger partial charge on any atom is 0.328 e. The van der Waals surface area contributed by atoms with Crippen molar-refractivity contribution < 1.29 is 33.8 Å². The Morgan fingerprint density at radius 3 is 2.37 bits per heavy atom. The van der Waals surface area contributed by atoms with E-state index >= 15 is 0 Å². The van der Waals surface area contributed by atoms with Crippen LogP contribution in [0.2, 0.25) is 0 Å². The Morgan fingerprint density at radius 1 is 1.26 bits per heavy atom. The van der Waals surface area contributed by atoms with Gasteiger partial charge in [0.15, 0.2) is 0 Å². The van der Waals surface area contributed by atoms with Gasteiger partial charge < -0.3 is 19.9 Å². The van der Waals surface area contributed by atoms with Crippen molar-refractivity contribution in [3.63, 3.8) is 0 Å². The number of carbonyl (C=O) groups is 4. The third-order valence-corrected chi connectivity index (χ3v) is 2.08. The predicted molar refractivity (Wildman–Crippen MR) is 62.1 cm³/mol. The van der Waals surface area contributed by atoms with Crippen LogP contribution in [0.1, 0.15) is 26.2 Å². The molecule has 0 aliphatic carbocycles. The Bertz CT molecular complexity index is 353. The van der Waals surface area contributed by atoms with Crippen molar-refractivity contribution >= 4 is 23.8 Å². The molecule has 0 heterocycles. The van der Waals surface area contributed by atoms with Crippen LogP contribution < -0.4 is 5.32 Å². The summed E-state index contributed by atoms with van der Waals surface area (Å²) < 4.78 is 9.13. The molecule has 0 bridgehead atoms. The van der Waals surface area contributed by atoms with Gasteiger partial charge in [-0.3, -0.25) is 14.4 Å². The van der Waals surface area contributed by atoms with Crippen molar-refractivity contribution in [2.75, 3.05) is 13.7 Å². The zero-order chi connectivity index (χ0) is 14.8. The van der Waals surface area contributed by atoms with Crippen LogP contribution in [0.25, 0.3) is 0 Å². The molecule has 0 aromatic carbocycles. The van der Waals surface area contributed by atoms with Crippen molar-refractivity contribution in [2.45, 2.75) is 32.2 Å². The molecule has 1 atom stereocenters. The van der Waals surface area contributed by atoms with Crippen LogP contribution in [-0.4, -0.2) is 48.7 Å². The molecule has 19 heavy (non-hydrogen) atoms. The molecule has 0 aromatic heterocycles. The molecule has 8 heteroatoms. The monoisotopic (exact) mass is 275 g/mol. The number of hydrogen-bond acceptors (Lipinski definition) is 6. The van der Waals surface area contributed by atoms with E-state index in [1.54, 1.807) is 6.92 Å². The number of carboxylic acid groups (broad SMARTS) is 1. The predicted octanol–water partition coefficient (Wildman–Crippen LogP) is -0.538. The van der Waals surface area contributed by atoms with Crippen LogP contribution in [0, 0.1) is 0 Å². The first-order chi connectivity index (χ1) is 8.90. The lowest BCUT2D eigenvalue weighted by atomic mass is 10.1. The number of carboxylic acids is 1. The molecule has 0 saturated carbocycles. The van der Waals surface area contributed by atoms with E-state index in [1.807, 2.05) is 0 Å². The molecule has 0 fully saturated rings. The highest BCUT2D eigenvalue weighted by Gasteiger charge is 2.23. The van der Waals surface area contributed by atoms with Gasteiger partial charge in [0.1, 0.15) is 12.5 Å². The summed E-state index contributed by atoms with van der Waals surface area (Å²) in [6, 6.07) is -1.07. The van der Waals surface area contributed by atoms with Gasteiger partial charge in [-0.25, -0.2) is 4.79 Å². The molecule has 2 N–H and O–H groups in total. The first-order valence-corrected chi connectivity index (χ1v) is 5.65. The van der Waals surface area contributed by atoms with Crippen LogP contribution in [0.15, 0.2) is 0 Å². The third kappa shape index (κ3) is 7.74. The lowest BCUT2D eigenvalue weighted by molar-refractivity contribution is -0.149. The summed E-state index contributed by atoms with van der Waals surface area (Å²) in [6.07, 6.45) is -0.856. The standard InChI is InChI=1S/C11H17NO7/c1-3-19-10(16)5-4-7(11(17)18-2)12-8(13)6-9(14)15/h7H,3-6H2,1-2H3,(H,12,13)(H,14,15)/t7-/m0/s1. The Hall–Kier alpha value is -2.12. The average Bonchev–Trinajstić information content (AvgIpc) is 2.32. The second-order valence-electron chi connectivity index (χ2n) is 3.56. The van der Waals surface area contributed by atoms with Gasteiger partial charge >= 0.3 is 17.9 Å². The molecule has 0 aromatic rings. The number of hydrogen-bond donors (Lipinski definition) is 2. The van der Waals surface area contributed by atoms with E-state index in [0.29, 0.717) is 0 Å². The normalized spacial score (nSPS) is 11.3. The lowest BCUT2D eigenvalue weighted by Crippen LogP contribution is -2.42. The van der Waals surface area contributed by atoms with Gasteiger partial charge in [-0.05, 0) is 13.3 Å². The quantitative estimate of drug-likeness (QED) is 0.451. The summed E-state index contributed by atoms with van der Waals surface area (Å²) >= 11 is 0. The maximum absolute atomic E-state index is 11.4. The largest absolute Gasteiger partial charge is 0.481 e. The highest BCUT2D eigenvalue weighted by atomic mass is 16.5. The zero-order valence-electron chi connectivity index (χ0n) is 10.8. The Labute approximate surface area is 110 Å². The average molecular weight is 275 g/mol. The minimum atomic E-state index is -1.31. The van der Waals surface area contributed by atoms with E-state index in [2.05, 4.69) is 14.8 Å². The molecule has 1 amide bonds. The Kier molecular flexibility index (Phi) is 7.90.